The first-order valence-electron chi connectivity index (χ1n) is 8.08. The summed E-state index contributed by atoms with van der Waals surface area (Å²) in [5.41, 5.74) is 4.70. The van der Waals surface area contributed by atoms with Gasteiger partial charge in [0.15, 0.2) is 0 Å². The second-order valence-corrected chi connectivity index (χ2v) is 6.08. The van der Waals surface area contributed by atoms with Gasteiger partial charge >= 0.3 is 0 Å². The molecule has 0 bridgehead atoms. The zero-order valence-electron chi connectivity index (χ0n) is 13.5. The van der Waals surface area contributed by atoms with Crippen LogP contribution in [0.15, 0.2) is 54.9 Å². The van der Waals surface area contributed by atoms with Gasteiger partial charge in [0, 0.05) is 36.1 Å². The van der Waals surface area contributed by atoms with Crippen LogP contribution in [0.1, 0.15) is 27.0 Å². The van der Waals surface area contributed by atoms with Crippen LogP contribution in [0.4, 0.5) is 10.1 Å². The summed E-state index contributed by atoms with van der Waals surface area (Å²) < 4.78 is 14.8. The molecule has 4 rings (SSSR count). The molecule has 0 saturated carbocycles. The van der Waals surface area contributed by atoms with E-state index in [0.29, 0.717) is 19.6 Å². The Hall–Kier alpha value is -3.15. The minimum atomic E-state index is -0.239. The number of nitrogens with zero attached hydrogens (tertiary/aromatic N) is 2. The zero-order valence-corrected chi connectivity index (χ0v) is 13.5. The van der Waals surface area contributed by atoms with Crippen molar-refractivity contribution in [2.75, 3.05) is 5.32 Å². The molecule has 0 unspecified atom stereocenters. The number of hydrogen-bond acceptors (Lipinski definition) is 3. The summed E-state index contributed by atoms with van der Waals surface area (Å²) in [6.45, 7) is 1.81. The SMILES string of the molecule is O=C1NCc2ccc(NCc3cnn(Cc4ccc(F)cc4)c3)cc21. The molecule has 1 aliphatic rings. The van der Waals surface area contributed by atoms with Crippen molar-refractivity contribution in [2.45, 2.75) is 19.6 Å². The topological polar surface area (TPSA) is 59.0 Å². The fourth-order valence-corrected chi connectivity index (χ4v) is 2.89. The molecule has 0 atom stereocenters. The molecule has 0 radical (unpaired) electrons. The average molecular weight is 336 g/mol. The standard InChI is InChI=1S/C19H17FN4O/c20-16-4-1-13(2-5-16)11-24-12-14(9-23-24)8-21-17-6-3-15-10-22-19(25)18(15)7-17/h1-7,9,12,21H,8,10-11H2,(H,22,25). The third-order valence-corrected chi connectivity index (χ3v) is 4.24. The number of carbonyl (C=O) groups is 1. The number of amides is 1. The lowest BCUT2D eigenvalue weighted by molar-refractivity contribution is 0.0966. The number of benzene rings is 2. The maximum absolute atomic E-state index is 12.9. The van der Waals surface area contributed by atoms with Gasteiger partial charge in [-0.05, 0) is 35.4 Å². The molecule has 2 heterocycles. The normalized spacial score (nSPS) is 12.8. The van der Waals surface area contributed by atoms with Crippen LogP contribution >= 0.6 is 0 Å². The Bertz CT molecular complexity index is 917. The van der Waals surface area contributed by atoms with Crippen LogP contribution in [0.5, 0.6) is 0 Å². The minimum absolute atomic E-state index is 0.0224. The maximum Gasteiger partial charge on any atom is 0.251 e. The molecule has 1 aromatic heterocycles. The molecule has 1 aliphatic heterocycles. The van der Waals surface area contributed by atoms with Crippen molar-refractivity contribution in [1.82, 2.24) is 15.1 Å². The van der Waals surface area contributed by atoms with Crippen LogP contribution < -0.4 is 10.6 Å². The predicted molar refractivity (Wildman–Crippen MR) is 92.7 cm³/mol. The Kier molecular flexibility index (Phi) is 3.93. The lowest BCUT2D eigenvalue weighted by atomic mass is 10.1. The van der Waals surface area contributed by atoms with Gasteiger partial charge in [0.05, 0.1) is 12.7 Å². The minimum Gasteiger partial charge on any atom is -0.381 e. The van der Waals surface area contributed by atoms with Gasteiger partial charge in [-0.25, -0.2) is 4.39 Å². The Labute approximate surface area is 144 Å². The molecule has 0 saturated heterocycles. The molecule has 6 heteroatoms. The second kappa shape index (κ2) is 6.39. The molecule has 5 nitrogen and oxygen atoms in total. The van der Waals surface area contributed by atoms with Gasteiger partial charge in [-0.15, -0.1) is 0 Å². The van der Waals surface area contributed by atoms with Gasteiger partial charge < -0.3 is 10.6 Å². The van der Waals surface area contributed by atoms with Crippen molar-refractivity contribution >= 4 is 11.6 Å². The third-order valence-electron chi connectivity index (χ3n) is 4.24. The van der Waals surface area contributed by atoms with E-state index < -0.39 is 0 Å². The summed E-state index contributed by atoms with van der Waals surface area (Å²) in [5, 5.41) is 10.5. The van der Waals surface area contributed by atoms with Gasteiger partial charge in [-0.2, -0.15) is 5.10 Å². The number of aromatic nitrogens is 2. The number of carbonyl (C=O) groups excluding carboxylic acids is 1. The maximum atomic E-state index is 12.9. The summed E-state index contributed by atoms with van der Waals surface area (Å²) in [5.74, 6) is -0.261. The molecule has 126 valence electrons. The fourth-order valence-electron chi connectivity index (χ4n) is 2.89. The molecule has 0 spiro atoms. The van der Waals surface area contributed by atoms with Crippen molar-refractivity contribution in [3.05, 3.63) is 82.9 Å². The highest BCUT2D eigenvalue weighted by molar-refractivity contribution is 5.99. The average Bonchev–Trinajstić information content (AvgIpc) is 3.22. The van der Waals surface area contributed by atoms with Crippen molar-refractivity contribution < 1.29 is 9.18 Å². The van der Waals surface area contributed by atoms with Crippen LogP contribution in [0.2, 0.25) is 0 Å². The van der Waals surface area contributed by atoms with Gasteiger partial charge in [0.1, 0.15) is 5.82 Å². The molecule has 0 aliphatic carbocycles. The van der Waals surface area contributed by atoms with Crippen LogP contribution in [0.3, 0.4) is 0 Å². The summed E-state index contributed by atoms with van der Waals surface area (Å²) in [4.78, 5) is 11.7. The molecular weight excluding hydrogens is 319 g/mol. The molecule has 2 aromatic carbocycles. The summed E-state index contributed by atoms with van der Waals surface area (Å²) in [6, 6.07) is 12.2. The number of halogens is 1. The van der Waals surface area contributed by atoms with Crippen LogP contribution in [-0.2, 0) is 19.6 Å². The smallest absolute Gasteiger partial charge is 0.251 e. The van der Waals surface area contributed by atoms with E-state index in [4.69, 9.17) is 0 Å². The quantitative estimate of drug-likeness (QED) is 0.753. The van der Waals surface area contributed by atoms with Gasteiger partial charge in [0.25, 0.3) is 5.91 Å². The highest BCUT2D eigenvalue weighted by Crippen LogP contribution is 2.20. The Morgan fingerprint density at radius 3 is 2.84 bits per heavy atom. The van der Waals surface area contributed by atoms with E-state index >= 15 is 0 Å². The summed E-state index contributed by atoms with van der Waals surface area (Å²) in [7, 11) is 0. The Morgan fingerprint density at radius 1 is 1.16 bits per heavy atom. The molecular formula is C19H17FN4O. The first kappa shape index (κ1) is 15.4. The third kappa shape index (κ3) is 3.38. The molecule has 3 aromatic rings. The molecule has 0 fully saturated rings. The number of rotatable bonds is 5. The summed E-state index contributed by atoms with van der Waals surface area (Å²) >= 11 is 0. The van der Waals surface area contributed by atoms with E-state index in [-0.39, 0.29) is 11.7 Å². The van der Waals surface area contributed by atoms with Crippen LogP contribution in [-0.4, -0.2) is 15.7 Å². The number of nitrogens with one attached hydrogen (secondary N) is 2. The lowest BCUT2D eigenvalue weighted by Crippen LogP contribution is -2.12. The van der Waals surface area contributed by atoms with E-state index in [1.165, 1.54) is 12.1 Å². The number of hydrogen-bond donors (Lipinski definition) is 2. The largest absolute Gasteiger partial charge is 0.381 e. The number of anilines is 1. The Balaban J connectivity index is 1.39. The first-order chi connectivity index (χ1) is 12.2. The second-order valence-electron chi connectivity index (χ2n) is 6.08. The van der Waals surface area contributed by atoms with Crippen molar-refractivity contribution in [3.63, 3.8) is 0 Å². The highest BCUT2D eigenvalue weighted by atomic mass is 19.1. The van der Waals surface area contributed by atoms with Gasteiger partial charge in [-0.3, -0.25) is 9.48 Å². The zero-order chi connectivity index (χ0) is 17.2. The van der Waals surface area contributed by atoms with Crippen molar-refractivity contribution in [3.8, 4) is 0 Å². The van der Waals surface area contributed by atoms with Gasteiger partial charge in [0.2, 0.25) is 0 Å². The summed E-state index contributed by atoms with van der Waals surface area (Å²) in [6.07, 6.45) is 3.76. The monoisotopic (exact) mass is 336 g/mol. The highest BCUT2D eigenvalue weighted by Gasteiger charge is 2.18. The van der Waals surface area contributed by atoms with Crippen molar-refractivity contribution in [2.24, 2.45) is 0 Å². The Morgan fingerprint density at radius 2 is 2.00 bits per heavy atom. The lowest BCUT2D eigenvalue weighted by Gasteiger charge is -2.06. The van der Waals surface area contributed by atoms with Gasteiger partial charge in [-0.1, -0.05) is 18.2 Å². The van der Waals surface area contributed by atoms with E-state index in [0.717, 1.165) is 27.9 Å². The van der Waals surface area contributed by atoms with E-state index in [9.17, 15) is 9.18 Å². The predicted octanol–water partition coefficient (Wildman–Crippen LogP) is 2.93. The van der Waals surface area contributed by atoms with Crippen molar-refractivity contribution in [1.29, 1.82) is 0 Å². The molecule has 2 N–H and O–H groups in total. The fraction of sp³-hybridized carbons (Fsp3) is 0.158. The van der Waals surface area contributed by atoms with E-state index in [2.05, 4.69) is 15.7 Å². The van der Waals surface area contributed by atoms with E-state index in [1.54, 1.807) is 18.3 Å². The van der Waals surface area contributed by atoms with Crippen LogP contribution in [0.25, 0.3) is 0 Å². The van der Waals surface area contributed by atoms with Crippen LogP contribution in [0, 0.1) is 5.82 Å². The van der Waals surface area contributed by atoms with E-state index in [1.807, 2.05) is 29.1 Å². The first-order valence-corrected chi connectivity index (χ1v) is 8.08. The molecule has 1 amide bonds. The molecule has 25 heavy (non-hydrogen) atoms. The number of fused-ring (bicyclic) bond motifs is 1.